The smallest absolute Gasteiger partial charge is 0.290 e. The predicted molar refractivity (Wildman–Crippen MR) is 129 cm³/mol. The molecule has 4 heterocycles. The van der Waals surface area contributed by atoms with Crippen LogP contribution in [0.15, 0.2) is 67.0 Å². The third-order valence-electron chi connectivity index (χ3n) is 6.69. The van der Waals surface area contributed by atoms with E-state index in [4.69, 9.17) is 9.90 Å². The van der Waals surface area contributed by atoms with Gasteiger partial charge in [0.1, 0.15) is 11.2 Å². The molecule has 2 aliphatic heterocycles. The number of benzene rings is 2. The minimum absolute atomic E-state index is 0.0671. The molecule has 1 spiro atoms. The third kappa shape index (κ3) is 3.52. The van der Waals surface area contributed by atoms with Gasteiger partial charge in [0.05, 0.1) is 17.1 Å². The summed E-state index contributed by atoms with van der Waals surface area (Å²) >= 11 is 0. The standard InChI is InChI=1S/C25H21N5O2.CH2O2/c1-15-27-20-9-8-16(13-21(20)28-15)23(31)30-12-10-25(22(30)17-5-4-11-26-14-17)18-6-2-3-7-19(18)29-24(25)32;2-1-3/h2-9,11,13-14,22H,10,12H2,1H3,(H,27,28)(H,29,32);1H,(H,2,3). The highest BCUT2D eigenvalue weighted by atomic mass is 16.3. The van der Waals surface area contributed by atoms with Crippen LogP contribution in [0.25, 0.3) is 11.0 Å². The summed E-state index contributed by atoms with van der Waals surface area (Å²) in [6, 6.07) is 16.6. The Morgan fingerprint density at radius 3 is 2.77 bits per heavy atom. The van der Waals surface area contributed by atoms with Gasteiger partial charge in [-0.25, -0.2) is 4.98 Å². The van der Waals surface area contributed by atoms with Crippen LogP contribution in [-0.2, 0) is 15.0 Å². The van der Waals surface area contributed by atoms with Crippen molar-refractivity contribution in [1.29, 1.82) is 0 Å². The molecule has 2 amide bonds. The van der Waals surface area contributed by atoms with Gasteiger partial charge in [0.2, 0.25) is 5.91 Å². The molecule has 0 bridgehead atoms. The molecular weight excluding hydrogens is 446 g/mol. The minimum atomic E-state index is -0.843. The van der Waals surface area contributed by atoms with Crippen molar-refractivity contribution >= 4 is 35.0 Å². The average molecular weight is 470 g/mol. The molecule has 176 valence electrons. The second-order valence-electron chi connectivity index (χ2n) is 8.57. The first-order valence-electron chi connectivity index (χ1n) is 11.2. The lowest BCUT2D eigenvalue weighted by Gasteiger charge is -2.34. The number of para-hydroxylation sites is 1. The van der Waals surface area contributed by atoms with Crippen LogP contribution in [0.2, 0.25) is 0 Å². The van der Waals surface area contributed by atoms with E-state index in [1.54, 1.807) is 18.5 Å². The van der Waals surface area contributed by atoms with E-state index in [-0.39, 0.29) is 18.3 Å². The number of nitrogens with one attached hydrogen (secondary N) is 2. The van der Waals surface area contributed by atoms with Gasteiger partial charge in [-0.05, 0) is 54.8 Å². The summed E-state index contributed by atoms with van der Waals surface area (Å²) in [4.78, 5) is 49.3. The number of nitrogens with zero attached hydrogens (tertiary/aromatic N) is 3. The molecule has 2 atom stereocenters. The fourth-order valence-corrected chi connectivity index (χ4v) is 5.34. The van der Waals surface area contributed by atoms with Gasteiger partial charge in [-0.1, -0.05) is 24.3 Å². The molecule has 2 aliphatic rings. The molecule has 9 nitrogen and oxygen atoms in total. The van der Waals surface area contributed by atoms with Crippen molar-refractivity contribution in [3.8, 4) is 0 Å². The number of anilines is 1. The monoisotopic (exact) mass is 469 g/mol. The van der Waals surface area contributed by atoms with Crippen LogP contribution in [0, 0.1) is 6.92 Å². The molecule has 2 aromatic carbocycles. The fourth-order valence-electron chi connectivity index (χ4n) is 5.34. The summed E-state index contributed by atoms with van der Waals surface area (Å²) in [6.07, 6.45) is 4.01. The van der Waals surface area contributed by atoms with Gasteiger partial charge in [-0.3, -0.25) is 19.4 Å². The topological polar surface area (TPSA) is 128 Å². The van der Waals surface area contributed by atoms with E-state index in [0.29, 0.717) is 18.5 Å². The van der Waals surface area contributed by atoms with Gasteiger partial charge >= 0.3 is 0 Å². The first kappa shape index (κ1) is 22.3. The van der Waals surface area contributed by atoms with E-state index in [9.17, 15) is 9.59 Å². The molecular formula is C26H23N5O4. The van der Waals surface area contributed by atoms with E-state index < -0.39 is 11.5 Å². The van der Waals surface area contributed by atoms with Crippen LogP contribution in [0.1, 0.15) is 39.8 Å². The van der Waals surface area contributed by atoms with Crippen LogP contribution in [0.5, 0.6) is 0 Å². The molecule has 1 fully saturated rings. The zero-order chi connectivity index (χ0) is 24.6. The number of H-pyrrole nitrogens is 1. The van der Waals surface area contributed by atoms with Crippen molar-refractivity contribution in [2.45, 2.75) is 24.8 Å². The van der Waals surface area contributed by atoms with Crippen molar-refractivity contribution in [2.75, 3.05) is 11.9 Å². The van der Waals surface area contributed by atoms with Crippen molar-refractivity contribution < 1.29 is 19.5 Å². The number of amides is 2. The Kier molecular flexibility index (Phi) is 5.52. The van der Waals surface area contributed by atoms with E-state index in [2.05, 4.69) is 20.3 Å². The Balaban J connectivity index is 0.000000806. The number of aromatic amines is 1. The number of carbonyl (C=O) groups excluding carboxylic acids is 2. The van der Waals surface area contributed by atoms with Gasteiger partial charge in [0, 0.05) is 30.2 Å². The lowest BCUT2D eigenvalue weighted by molar-refractivity contribution is -0.123. The Bertz CT molecular complexity index is 1430. The summed E-state index contributed by atoms with van der Waals surface area (Å²) in [6.45, 7) is 2.11. The summed E-state index contributed by atoms with van der Waals surface area (Å²) in [5.74, 6) is 0.627. The van der Waals surface area contributed by atoms with Gasteiger partial charge in [-0.15, -0.1) is 0 Å². The van der Waals surface area contributed by atoms with E-state index >= 15 is 0 Å². The van der Waals surface area contributed by atoms with Crippen molar-refractivity contribution in [3.05, 3.63) is 89.5 Å². The Morgan fingerprint density at radius 1 is 1.20 bits per heavy atom. The fraction of sp³-hybridized carbons (Fsp3) is 0.192. The Hall–Kier alpha value is -4.53. The number of carbonyl (C=O) groups is 3. The highest BCUT2D eigenvalue weighted by Crippen LogP contribution is 2.54. The molecule has 2 aromatic heterocycles. The zero-order valence-electron chi connectivity index (χ0n) is 18.9. The predicted octanol–water partition coefficient (Wildman–Crippen LogP) is 3.44. The van der Waals surface area contributed by atoms with Crippen LogP contribution < -0.4 is 5.32 Å². The second-order valence-corrected chi connectivity index (χ2v) is 8.57. The first-order chi connectivity index (χ1) is 17.0. The number of rotatable bonds is 2. The lowest BCUT2D eigenvalue weighted by Crippen LogP contribution is -2.42. The van der Waals surface area contributed by atoms with E-state index in [0.717, 1.165) is 33.7 Å². The number of hydrogen-bond acceptors (Lipinski definition) is 5. The number of imidazole rings is 1. The second kappa shape index (κ2) is 8.68. The molecule has 6 rings (SSSR count). The van der Waals surface area contributed by atoms with E-state index in [1.165, 1.54) is 0 Å². The third-order valence-corrected chi connectivity index (χ3v) is 6.69. The van der Waals surface area contributed by atoms with Crippen LogP contribution in [0.3, 0.4) is 0 Å². The Labute approximate surface area is 200 Å². The summed E-state index contributed by atoms with van der Waals surface area (Å²) in [5.41, 5.74) is 3.98. The molecule has 3 N–H and O–H groups in total. The highest BCUT2D eigenvalue weighted by molar-refractivity contribution is 6.08. The zero-order valence-corrected chi connectivity index (χ0v) is 18.9. The summed E-state index contributed by atoms with van der Waals surface area (Å²) in [7, 11) is 0. The van der Waals surface area contributed by atoms with Crippen LogP contribution in [-0.4, -0.2) is 49.8 Å². The maximum absolute atomic E-state index is 13.8. The summed E-state index contributed by atoms with van der Waals surface area (Å²) < 4.78 is 0. The number of pyridine rings is 1. The maximum atomic E-state index is 13.8. The highest BCUT2D eigenvalue weighted by Gasteiger charge is 2.59. The van der Waals surface area contributed by atoms with Gasteiger partial charge in [0.15, 0.2) is 0 Å². The largest absolute Gasteiger partial charge is 0.483 e. The van der Waals surface area contributed by atoms with Crippen molar-refractivity contribution in [1.82, 2.24) is 19.9 Å². The molecule has 9 heteroatoms. The Morgan fingerprint density at radius 2 is 2.00 bits per heavy atom. The van der Waals surface area contributed by atoms with Crippen molar-refractivity contribution in [3.63, 3.8) is 0 Å². The number of aryl methyl sites for hydroxylation is 1. The average Bonchev–Trinajstić information content (AvgIpc) is 3.53. The normalized spacial score (nSPS) is 20.3. The maximum Gasteiger partial charge on any atom is 0.290 e. The quantitative estimate of drug-likeness (QED) is 0.386. The molecule has 2 unspecified atom stereocenters. The molecule has 35 heavy (non-hydrogen) atoms. The van der Waals surface area contributed by atoms with Crippen LogP contribution >= 0.6 is 0 Å². The molecule has 0 radical (unpaired) electrons. The number of carboxylic acid groups (broad SMARTS) is 1. The van der Waals surface area contributed by atoms with Crippen LogP contribution in [0.4, 0.5) is 5.69 Å². The SMILES string of the molecule is Cc1nc2ccc(C(=O)N3CCC4(C(=O)Nc5ccccc54)C3c3cccnc3)cc2[nH]1.O=CO. The van der Waals surface area contributed by atoms with Gasteiger partial charge in [-0.2, -0.15) is 0 Å². The molecule has 4 aromatic rings. The number of aromatic nitrogens is 3. The van der Waals surface area contributed by atoms with Crippen molar-refractivity contribution in [2.24, 2.45) is 0 Å². The van der Waals surface area contributed by atoms with E-state index in [1.807, 2.05) is 60.4 Å². The minimum Gasteiger partial charge on any atom is -0.483 e. The summed E-state index contributed by atoms with van der Waals surface area (Å²) in [5, 5.41) is 9.93. The first-order valence-corrected chi connectivity index (χ1v) is 11.2. The molecule has 0 aliphatic carbocycles. The molecule has 1 saturated heterocycles. The van der Waals surface area contributed by atoms with Gasteiger partial charge < -0.3 is 20.3 Å². The van der Waals surface area contributed by atoms with Gasteiger partial charge in [0.25, 0.3) is 12.4 Å². The number of likely N-dealkylation sites (tertiary alicyclic amines) is 1. The number of fused-ring (bicyclic) bond motifs is 3. The number of hydrogen-bond donors (Lipinski definition) is 3. The lowest BCUT2D eigenvalue weighted by atomic mass is 9.73. The molecule has 0 saturated carbocycles.